The van der Waals surface area contributed by atoms with E-state index in [1.807, 2.05) is 30.3 Å². The monoisotopic (exact) mass is 212 g/mol. The Morgan fingerprint density at radius 3 is 2.75 bits per heavy atom. The Morgan fingerprint density at radius 2 is 1.94 bits per heavy atom. The quantitative estimate of drug-likeness (QED) is 0.785. The number of hydrogen-bond acceptors (Lipinski definition) is 2. The second kappa shape index (κ2) is 3.59. The minimum Gasteiger partial charge on any atom is -0.306 e. The lowest BCUT2D eigenvalue weighted by molar-refractivity contribution is 0.899. The van der Waals surface area contributed by atoms with Crippen molar-refractivity contribution < 1.29 is 0 Å². The smallest absolute Gasteiger partial charge is 0.254 e. The molecule has 0 spiro atoms. The van der Waals surface area contributed by atoms with Gasteiger partial charge in [0.25, 0.3) is 5.56 Å². The van der Waals surface area contributed by atoms with Crippen LogP contribution in [0.1, 0.15) is 17.7 Å². The van der Waals surface area contributed by atoms with Crippen molar-refractivity contribution >= 4 is 0 Å². The highest BCUT2D eigenvalue weighted by atomic mass is 16.1. The first-order chi connectivity index (χ1) is 7.84. The molecule has 0 bridgehead atoms. The summed E-state index contributed by atoms with van der Waals surface area (Å²) >= 11 is 0. The van der Waals surface area contributed by atoms with Crippen molar-refractivity contribution in [2.75, 3.05) is 0 Å². The number of aromatic amines is 1. The number of fused-ring (bicyclic) bond motifs is 1. The summed E-state index contributed by atoms with van der Waals surface area (Å²) in [4.78, 5) is 19.2. The zero-order valence-corrected chi connectivity index (χ0v) is 8.86. The van der Waals surface area contributed by atoms with Gasteiger partial charge in [-0.3, -0.25) is 4.79 Å². The van der Waals surface area contributed by atoms with Crippen molar-refractivity contribution in [1.82, 2.24) is 9.97 Å². The van der Waals surface area contributed by atoms with Crippen molar-refractivity contribution in [3.8, 4) is 11.4 Å². The van der Waals surface area contributed by atoms with Gasteiger partial charge in [0.05, 0.1) is 5.69 Å². The summed E-state index contributed by atoms with van der Waals surface area (Å²) in [6, 6.07) is 9.76. The molecule has 1 aliphatic carbocycles. The van der Waals surface area contributed by atoms with Gasteiger partial charge in [0, 0.05) is 11.1 Å². The lowest BCUT2D eigenvalue weighted by Gasteiger charge is -2.03. The van der Waals surface area contributed by atoms with Gasteiger partial charge in [-0.15, -0.1) is 0 Å². The highest BCUT2D eigenvalue weighted by molar-refractivity contribution is 5.54. The highest BCUT2D eigenvalue weighted by Crippen LogP contribution is 2.19. The molecule has 3 heteroatoms. The fourth-order valence-corrected chi connectivity index (χ4v) is 2.17. The normalized spacial score (nSPS) is 13.8. The third-order valence-electron chi connectivity index (χ3n) is 2.99. The molecule has 0 fully saturated rings. The van der Waals surface area contributed by atoms with Gasteiger partial charge < -0.3 is 4.98 Å². The maximum Gasteiger partial charge on any atom is 0.254 e. The van der Waals surface area contributed by atoms with Crippen molar-refractivity contribution in [3.05, 3.63) is 51.9 Å². The van der Waals surface area contributed by atoms with Crippen LogP contribution in [0.3, 0.4) is 0 Å². The van der Waals surface area contributed by atoms with Gasteiger partial charge in [-0.25, -0.2) is 4.98 Å². The van der Waals surface area contributed by atoms with Crippen LogP contribution in [0.25, 0.3) is 11.4 Å². The van der Waals surface area contributed by atoms with Gasteiger partial charge in [0.15, 0.2) is 0 Å². The largest absolute Gasteiger partial charge is 0.306 e. The summed E-state index contributed by atoms with van der Waals surface area (Å²) in [5.41, 5.74) is 2.85. The number of hydrogen-bond donors (Lipinski definition) is 1. The Morgan fingerprint density at radius 1 is 1.12 bits per heavy atom. The maximum atomic E-state index is 11.8. The molecule has 3 rings (SSSR count). The lowest BCUT2D eigenvalue weighted by Crippen LogP contribution is -2.15. The van der Waals surface area contributed by atoms with Gasteiger partial charge in [-0.05, 0) is 19.3 Å². The van der Waals surface area contributed by atoms with Crippen LogP contribution in [0.4, 0.5) is 0 Å². The molecular weight excluding hydrogens is 200 g/mol. The van der Waals surface area contributed by atoms with E-state index in [0.29, 0.717) is 5.82 Å². The van der Waals surface area contributed by atoms with E-state index in [4.69, 9.17) is 0 Å². The number of nitrogens with zero attached hydrogens (tertiary/aromatic N) is 1. The Labute approximate surface area is 93.2 Å². The minimum absolute atomic E-state index is 0.0290. The summed E-state index contributed by atoms with van der Waals surface area (Å²) in [5.74, 6) is 0.686. The van der Waals surface area contributed by atoms with Crippen LogP contribution in [0.15, 0.2) is 35.1 Å². The summed E-state index contributed by atoms with van der Waals surface area (Å²) in [6.45, 7) is 0. The second-order valence-corrected chi connectivity index (χ2v) is 4.06. The molecule has 0 amide bonds. The van der Waals surface area contributed by atoms with E-state index in [-0.39, 0.29) is 5.56 Å². The molecule has 0 unspecified atom stereocenters. The van der Waals surface area contributed by atoms with Crippen LogP contribution >= 0.6 is 0 Å². The molecule has 1 aliphatic rings. The molecule has 0 radical (unpaired) electrons. The van der Waals surface area contributed by atoms with E-state index >= 15 is 0 Å². The van der Waals surface area contributed by atoms with Gasteiger partial charge in [-0.1, -0.05) is 30.3 Å². The molecule has 0 saturated carbocycles. The average Bonchev–Trinajstić information content (AvgIpc) is 2.79. The van der Waals surface area contributed by atoms with Crippen LogP contribution < -0.4 is 5.56 Å². The Kier molecular flexibility index (Phi) is 2.10. The molecule has 2 aromatic rings. The van der Waals surface area contributed by atoms with E-state index < -0.39 is 0 Å². The van der Waals surface area contributed by atoms with E-state index in [2.05, 4.69) is 9.97 Å². The molecule has 1 N–H and O–H groups in total. The number of H-pyrrole nitrogens is 1. The third-order valence-corrected chi connectivity index (χ3v) is 2.99. The molecule has 1 aromatic heterocycles. The molecule has 0 saturated heterocycles. The number of nitrogens with one attached hydrogen (secondary N) is 1. The molecule has 0 atom stereocenters. The van der Waals surface area contributed by atoms with Gasteiger partial charge >= 0.3 is 0 Å². The van der Waals surface area contributed by atoms with E-state index in [1.54, 1.807) is 0 Å². The molecule has 80 valence electrons. The standard InChI is InChI=1S/C13H12N2O/c16-13-10-7-4-8-11(10)14-12(15-13)9-5-2-1-3-6-9/h1-3,5-6H,4,7-8H2,(H,14,15,16). The number of rotatable bonds is 1. The second-order valence-electron chi connectivity index (χ2n) is 4.06. The first-order valence-corrected chi connectivity index (χ1v) is 5.52. The first-order valence-electron chi connectivity index (χ1n) is 5.52. The van der Waals surface area contributed by atoms with Crippen LogP contribution in [-0.2, 0) is 12.8 Å². The molecule has 1 aromatic carbocycles. The number of benzene rings is 1. The summed E-state index contributed by atoms with van der Waals surface area (Å²) in [6.07, 6.45) is 2.84. The minimum atomic E-state index is 0.0290. The van der Waals surface area contributed by atoms with Crippen LogP contribution in [0.5, 0.6) is 0 Å². The first kappa shape index (κ1) is 9.33. The van der Waals surface area contributed by atoms with Crippen LogP contribution in [0, 0.1) is 0 Å². The molecule has 3 nitrogen and oxygen atoms in total. The summed E-state index contributed by atoms with van der Waals surface area (Å²) in [7, 11) is 0. The predicted octanol–water partition coefficient (Wildman–Crippen LogP) is 1.93. The maximum absolute atomic E-state index is 11.8. The van der Waals surface area contributed by atoms with E-state index in [0.717, 1.165) is 36.1 Å². The Hall–Kier alpha value is -1.90. The summed E-state index contributed by atoms with van der Waals surface area (Å²) in [5, 5.41) is 0. The molecule has 1 heterocycles. The van der Waals surface area contributed by atoms with Crippen molar-refractivity contribution in [1.29, 1.82) is 0 Å². The predicted molar refractivity (Wildman–Crippen MR) is 62.3 cm³/mol. The van der Waals surface area contributed by atoms with Crippen LogP contribution in [-0.4, -0.2) is 9.97 Å². The summed E-state index contributed by atoms with van der Waals surface area (Å²) < 4.78 is 0. The zero-order chi connectivity index (χ0) is 11.0. The van der Waals surface area contributed by atoms with Crippen molar-refractivity contribution in [2.24, 2.45) is 0 Å². The fraction of sp³-hybridized carbons (Fsp3) is 0.231. The van der Waals surface area contributed by atoms with Gasteiger partial charge in [0.1, 0.15) is 5.82 Å². The van der Waals surface area contributed by atoms with Crippen molar-refractivity contribution in [2.45, 2.75) is 19.3 Å². The van der Waals surface area contributed by atoms with E-state index in [1.165, 1.54) is 0 Å². The van der Waals surface area contributed by atoms with E-state index in [9.17, 15) is 4.79 Å². The Balaban J connectivity index is 2.17. The SMILES string of the molecule is O=c1[nH]c(-c2ccccc2)nc2c1CCC2. The van der Waals surface area contributed by atoms with Gasteiger partial charge in [0.2, 0.25) is 0 Å². The zero-order valence-electron chi connectivity index (χ0n) is 8.86. The lowest BCUT2D eigenvalue weighted by atomic mass is 10.2. The molecular formula is C13H12N2O. The third kappa shape index (κ3) is 1.45. The Bertz CT molecular complexity index is 572. The topological polar surface area (TPSA) is 45.8 Å². The molecule has 16 heavy (non-hydrogen) atoms. The average molecular weight is 212 g/mol. The number of aromatic nitrogens is 2. The number of aryl methyl sites for hydroxylation is 1. The van der Waals surface area contributed by atoms with Crippen LogP contribution in [0.2, 0.25) is 0 Å². The fourth-order valence-electron chi connectivity index (χ4n) is 2.17. The highest BCUT2D eigenvalue weighted by Gasteiger charge is 2.17. The molecule has 0 aliphatic heterocycles. The van der Waals surface area contributed by atoms with Crippen molar-refractivity contribution in [3.63, 3.8) is 0 Å². The van der Waals surface area contributed by atoms with Gasteiger partial charge in [-0.2, -0.15) is 0 Å².